The highest BCUT2D eigenvalue weighted by atomic mass is 19.4. The van der Waals surface area contributed by atoms with Gasteiger partial charge in [-0.25, -0.2) is 0 Å². The molecule has 0 spiro atoms. The van der Waals surface area contributed by atoms with Gasteiger partial charge in [0.1, 0.15) is 5.69 Å². The zero-order chi connectivity index (χ0) is 18.2. The van der Waals surface area contributed by atoms with E-state index in [1.54, 1.807) is 0 Å². The first-order chi connectivity index (χ1) is 11.8. The summed E-state index contributed by atoms with van der Waals surface area (Å²) in [6.07, 6.45) is -0.957. The molecule has 0 radical (unpaired) electrons. The highest BCUT2D eigenvalue weighted by Crippen LogP contribution is 2.35. The first kappa shape index (κ1) is 17.0. The van der Waals surface area contributed by atoms with E-state index >= 15 is 0 Å². The van der Waals surface area contributed by atoms with E-state index in [0.717, 1.165) is 12.3 Å². The van der Waals surface area contributed by atoms with Crippen molar-refractivity contribution in [2.75, 3.05) is 6.54 Å². The molecule has 1 amide bonds. The molecule has 2 N–H and O–H groups in total. The van der Waals surface area contributed by atoms with Gasteiger partial charge in [0.2, 0.25) is 0 Å². The fourth-order valence-electron chi connectivity index (χ4n) is 2.92. The summed E-state index contributed by atoms with van der Waals surface area (Å²) in [4.78, 5) is 31.2. The minimum Gasteiger partial charge on any atom is -0.502 e. The number of nitrogens with one attached hydrogen (secondary N) is 1. The van der Waals surface area contributed by atoms with Crippen LogP contribution in [0.3, 0.4) is 0 Å². The third kappa shape index (κ3) is 3.21. The van der Waals surface area contributed by atoms with Crippen LogP contribution >= 0.6 is 0 Å². The smallest absolute Gasteiger partial charge is 0.433 e. The van der Waals surface area contributed by atoms with Gasteiger partial charge >= 0.3 is 6.18 Å². The summed E-state index contributed by atoms with van der Waals surface area (Å²) in [5.41, 5.74) is -1.45. The van der Waals surface area contributed by atoms with E-state index in [-0.39, 0.29) is 5.56 Å². The Balaban J connectivity index is 1.89. The van der Waals surface area contributed by atoms with Gasteiger partial charge in [0.15, 0.2) is 5.75 Å². The van der Waals surface area contributed by atoms with Crippen molar-refractivity contribution in [3.8, 4) is 5.75 Å². The number of rotatable bonds is 2. The second kappa shape index (κ2) is 6.23. The van der Waals surface area contributed by atoms with Crippen LogP contribution in [0, 0.1) is 0 Å². The number of hydrogen-bond acceptors (Lipinski definition) is 4. The van der Waals surface area contributed by atoms with Gasteiger partial charge in [-0.2, -0.15) is 13.2 Å². The first-order valence-electron chi connectivity index (χ1n) is 7.54. The van der Waals surface area contributed by atoms with Crippen molar-refractivity contribution in [2.24, 2.45) is 0 Å². The lowest BCUT2D eigenvalue weighted by Gasteiger charge is -2.25. The maximum atomic E-state index is 12.6. The van der Waals surface area contributed by atoms with Crippen LogP contribution < -0.4 is 5.56 Å². The molecule has 132 valence electrons. The Labute approximate surface area is 139 Å². The Kier molecular flexibility index (Phi) is 4.23. The van der Waals surface area contributed by atoms with Crippen molar-refractivity contribution >= 4 is 5.91 Å². The molecule has 25 heavy (non-hydrogen) atoms. The van der Waals surface area contributed by atoms with Crippen LogP contribution in [0.5, 0.6) is 5.75 Å². The number of H-pyrrole nitrogens is 1. The zero-order valence-corrected chi connectivity index (χ0v) is 12.9. The molecule has 6 nitrogen and oxygen atoms in total. The standard InChI is InChI=1S/C16H14F3N3O3/c17-16(18,19)12-4-3-9(8-21-12)11-2-1-7-22(11)15(25)10-5-6-20-14(24)13(10)23/h3-6,8,11,23H,1-2,7H2,(H,20,24)/t11-/m1/s1. The first-order valence-corrected chi connectivity index (χ1v) is 7.54. The molecule has 1 atom stereocenters. The van der Waals surface area contributed by atoms with E-state index in [0.29, 0.717) is 24.9 Å². The fourth-order valence-corrected chi connectivity index (χ4v) is 2.92. The molecule has 3 rings (SSSR count). The Morgan fingerprint density at radius 2 is 2.08 bits per heavy atom. The highest BCUT2D eigenvalue weighted by Gasteiger charge is 2.35. The molecule has 3 heterocycles. The van der Waals surface area contributed by atoms with Gasteiger partial charge in [0.25, 0.3) is 11.5 Å². The summed E-state index contributed by atoms with van der Waals surface area (Å²) in [5.74, 6) is -1.23. The molecule has 2 aromatic heterocycles. The number of likely N-dealkylation sites (tertiary alicyclic amines) is 1. The number of carbonyl (C=O) groups excluding carboxylic acids is 1. The highest BCUT2D eigenvalue weighted by molar-refractivity contribution is 5.97. The average molecular weight is 353 g/mol. The lowest BCUT2D eigenvalue weighted by molar-refractivity contribution is -0.141. The van der Waals surface area contributed by atoms with Crippen LogP contribution in [0.4, 0.5) is 13.2 Å². The van der Waals surface area contributed by atoms with Crippen molar-refractivity contribution in [3.05, 3.63) is 57.8 Å². The second-order valence-corrected chi connectivity index (χ2v) is 5.70. The minimum absolute atomic E-state index is 0.143. The van der Waals surface area contributed by atoms with Crippen molar-refractivity contribution in [3.63, 3.8) is 0 Å². The van der Waals surface area contributed by atoms with Crippen molar-refractivity contribution in [1.29, 1.82) is 0 Å². The molecule has 1 saturated heterocycles. The van der Waals surface area contributed by atoms with E-state index < -0.39 is 35.1 Å². The molecule has 0 aliphatic carbocycles. The average Bonchev–Trinajstić information content (AvgIpc) is 3.06. The number of aromatic amines is 1. The van der Waals surface area contributed by atoms with Crippen LogP contribution in [-0.2, 0) is 6.18 Å². The number of aromatic hydroxyl groups is 1. The summed E-state index contributed by atoms with van der Waals surface area (Å²) < 4.78 is 37.9. The van der Waals surface area contributed by atoms with Crippen LogP contribution in [0.2, 0.25) is 0 Å². The maximum Gasteiger partial charge on any atom is 0.433 e. The minimum atomic E-state index is -4.53. The molecular formula is C16H14F3N3O3. The molecule has 1 aliphatic heterocycles. The van der Waals surface area contributed by atoms with E-state index in [9.17, 15) is 27.9 Å². The predicted molar refractivity (Wildman–Crippen MR) is 81.0 cm³/mol. The van der Waals surface area contributed by atoms with E-state index in [1.807, 2.05) is 0 Å². The summed E-state index contributed by atoms with van der Waals surface area (Å²) in [6, 6.07) is 3.01. The number of hydrogen-bond donors (Lipinski definition) is 2. The zero-order valence-electron chi connectivity index (χ0n) is 12.9. The molecule has 0 unspecified atom stereocenters. The normalized spacial score (nSPS) is 17.7. The summed E-state index contributed by atoms with van der Waals surface area (Å²) in [7, 11) is 0. The van der Waals surface area contributed by atoms with Gasteiger partial charge < -0.3 is 15.0 Å². The van der Waals surface area contributed by atoms with Crippen molar-refractivity contribution < 1.29 is 23.1 Å². The molecule has 0 saturated carbocycles. The molecule has 1 fully saturated rings. The molecular weight excluding hydrogens is 339 g/mol. The third-order valence-corrected chi connectivity index (χ3v) is 4.14. The van der Waals surface area contributed by atoms with Crippen molar-refractivity contribution in [2.45, 2.75) is 25.1 Å². The predicted octanol–water partition coefficient (Wildman–Crippen LogP) is 2.47. The van der Waals surface area contributed by atoms with Gasteiger partial charge in [-0.05, 0) is 30.5 Å². The van der Waals surface area contributed by atoms with Crippen LogP contribution in [-0.4, -0.2) is 32.4 Å². The summed E-state index contributed by atoms with van der Waals surface area (Å²) in [5, 5.41) is 9.78. The largest absolute Gasteiger partial charge is 0.502 e. The summed E-state index contributed by atoms with van der Waals surface area (Å²) >= 11 is 0. The molecule has 1 aliphatic rings. The maximum absolute atomic E-state index is 12.6. The van der Waals surface area contributed by atoms with E-state index in [2.05, 4.69) is 9.97 Å². The van der Waals surface area contributed by atoms with E-state index in [4.69, 9.17) is 0 Å². The topological polar surface area (TPSA) is 86.3 Å². The van der Waals surface area contributed by atoms with Gasteiger partial charge in [-0.3, -0.25) is 14.6 Å². The number of carbonyl (C=O) groups is 1. The number of amides is 1. The second-order valence-electron chi connectivity index (χ2n) is 5.70. The van der Waals surface area contributed by atoms with Gasteiger partial charge in [0.05, 0.1) is 11.6 Å². The lowest BCUT2D eigenvalue weighted by atomic mass is 10.1. The molecule has 9 heteroatoms. The van der Waals surface area contributed by atoms with Crippen LogP contribution in [0.1, 0.15) is 40.5 Å². The van der Waals surface area contributed by atoms with Crippen LogP contribution in [0.15, 0.2) is 35.4 Å². The van der Waals surface area contributed by atoms with Crippen LogP contribution in [0.25, 0.3) is 0 Å². The lowest BCUT2D eigenvalue weighted by Crippen LogP contribution is -2.31. The van der Waals surface area contributed by atoms with Crippen molar-refractivity contribution in [1.82, 2.24) is 14.9 Å². The number of alkyl halides is 3. The Bertz CT molecular complexity index is 846. The third-order valence-electron chi connectivity index (χ3n) is 4.14. The Morgan fingerprint density at radius 3 is 2.72 bits per heavy atom. The number of pyridine rings is 2. The number of nitrogens with zero attached hydrogens (tertiary/aromatic N) is 2. The van der Waals surface area contributed by atoms with E-state index in [1.165, 1.54) is 23.2 Å². The fraction of sp³-hybridized carbons (Fsp3) is 0.312. The molecule has 0 bridgehead atoms. The molecule has 0 aromatic carbocycles. The quantitative estimate of drug-likeness (QED) is 0.868. The van der Waals surface area contributed by atoms with Gasteiger partial charge in [0, 0.05) is 18.9 Å². The Hall–Kier alpha value is -2.84. The monoisotopic (exact) mass is 353 g/mol. The Morgan fingerprint density at radius 1 is 1.32 bits per heavy atom. The summed E-state index contributed by atoms with van der Waals surface area (Å²) in [6.45, 7) is 0.372. The SMILES string of the molecule is O=C(c1cc[nH]c(=O)c1O)N1CCC[C@@H]1c1ccc(C(F)(F)F)nc1. The van der Waals surface area contributed by atoms with Gasteiger partial charge in [-0.15, -0.1) is 0 Å². The number of halogens is 3. The molecule has 2 aromatic rings. The number of aromatic nitrogens is 2. The van der Waals surface area contributed by atoms with Gasteiger partial charge in [-0.1, -0.05) is 6.07 Å².